The lowest BCUT2D eigenvalue weighted by Crippen LogP contribution is -2.50. The largest absolute Gasteiger partial charge is 0.382 e. The predicted molar refractivity (Wildman–Crippen MR) is 90.2 cm³/mol. The molecule has 0 saturated carbocycles. The number of pyridine rings is 1. The Balaban J connectivity index is 1.94. The van der Waals surface area contributed by atoms with E-state index in [0.29, 0.717) is 13.2 Å². The summed E-state index contributed by atoms with van der Waals surface area (Å²) in [5.41, 5.74) is 0.862. The number of piperazine rings is 1. The van der Waals surface area contributed by atoms with Gasteiger partial charge in [0.25, 0.3) is 0 Å². The van der Waals surface area contributed by atoms with Gasteiger partial charge in [0, 0.05) is 46.5 Å². The molecule has 0 spiro atoms. The van der Waals surface area contributed by atoms with Gasteiger partial charge in [-0.05, 0) is 18.7 Å². The number of ether oxygens (including phenoxy) is 1. The van der Waals surface area contributed by atoms with Gasteiger partial charge in [-0.25, -0.2) is 0 Å². The van der Waals surface area contributed by atoms with E-state index in [-0.39, 0.29) is 11.9 Å². The van der Waals surface area contributed by atoms with E-state index in [1.165, 1.54) is 0 Å². The lowest BCUT2D eigenvalue weighted by Gasteiger charge is -2.35. The summed E-state index contributed by atoms with van der Waals surface area (Å²) in [6.45, 7) is 8.14. The minimum atomic E-state index is -0.148. The standard InChI is InChI=1S/C17H28N4O2/c1-4-20-9-11-21(12-10-20)13-17(22)19(2)16(14-23-3)15-7-5-6-8-18-15/h5-8,16H,4,9-14H2,1-3H3. The molecule has 1 aliphatic rings. The van der Waals surface area contributed by atoms with E-state index in [1.54, 1.807) is 18.2 Å². The number of methoxy groups -OCH3 is 1. The first kappa shape index (κ1) is 17.8. The van der Waals surface area contributed by atoms with Crippen LogP contribution in [0.2, 0.25) is 0 Å². The molecule has 128 valence electrons. The second kappa shape index (κ2) is 8.96. The van der Waals surface area contributed by atoms with Crippen molar-refractivity contribution in [2.45, 2.75) is 13.0 Å². The highest BCUT2D eigenvalue weighted by Gasteiger charge is 2.25. The van der Waals surface area contributed by atoms with Crippen molar-refractivity contribution >= 4 is 5.91 Å². The molecule has 2 heterocycles. The molecule has 1 aliphatic heterocycles. The van der Waals surface area contributed by atoms with Gasteiger partial charge in [-0.3, -0.25) is 14.7 Å². The quantitative estimate of drug-likeness (QED) is 0.746. The van der Waals surface area contributed by atoms with Crippen LogP contribution in [-0.2, 0) is 9.53 Å². The third kappa shape index (κ3) is 4.99. The topological polar surface area (TPSA) is 48.9 Å². The van der Waals surface area contributed by atoms with Gasteiger partial charge in [0.15, 0.2) is 0 Å². The summed E-state index contributed by atoms with van der Waals surface area (Å²) in [7, 11) is 3.49. The van der Waals surface area contributed by atoms with Crippen LogP contribution in [0.25, 0.3) is 0 Å². The normalized spacial score (nSPS) is 17.9. The maximum Gasteiger partial charge on any atom is 0.237 e. The molecule has 1 aromatic rings. The van der Waals surface area contributed by atoms with Gasteiger partial charge in [-0.15, -0.1) is 0 Å². The fraction of sp³-hybridized carbons (Fsp3) is 0.647. The molecule has 0 radical (unpaired) electrons. The molecule has 0 N–H and O–H groups in total. The molecule has 2 rings (SSSR count). The first-order valence-corrected chi connectivity index (χ1v) is 8.26. The van der Waals surface area contributed by atoms with Crippen molar-refractivity contribution in [3.63, 3.8) is 0 Å². The number of hydrogen-bond donors (Lipinski definition) is 0. The maximum absolute atomic E-state index is 12.6. The van der Waals surface area contributed by atoms with Crippen molar-refractivity contribution in [3.05, 3.63) is 30.1 Å². The number of carbonyl (C=O) groups is 1. The van der Waals surface area contributed by atoms with Crippen LogP contribution in [0.5, 0.6) is 0 Å². The highest BCUT2D eigenvalue weighted by atomic mass is 16.5. The summed E-state index contributed by atoms with van der Waals surface area (Å²) in [6.07, 6.45) is 1.75. The number of nitrogens with zero attached hydrogens (tertiary/aromatic N) is 4. The van der Waals surface area contributed by atoms with Crippen LogP contribution in [0.1, 0.15) is 18.7 Å². The van der Waals surface area contributed by atoms with Gasteiger partial charge in [-0.1, -0.05) is 13.0 Å². The summed E-state index contributed by atoms with van der Waals surface area (Å²) < 4.78 is 5.29. The zero-order valence-corrected chi connectivity index (χ0v) is 14.4. The number of likely N-dealkylation sites (N-methyl/N-ethyl adjacent to an activating group) is 2. The van der Waals surface area contributed by atoms with Crippen LogP contribution in [-0.4, -0.2) is 85.6 Å². The van der Waals surface area contributed by atoms with Crippen molar-refractivity contribution in [1.82, 2.24) is 19.7 Å². The lowest BCUT2D eigenvalue weighted by atomic mass is 10.1. The number of amides is 1. The van der Waals surface area contributed by atoms with Crippen LogP contribution >= 0.6 is 0 Å². The van der Waals surface area contributed by atoms with E-state index in [0.717, 1.165) is 38.4 Å². The minimum Gasteiger partial charge on any atom is -0.382 e. The molecule has 0 bridgehead atoms. The molecule has 0 aromatic carbocycles. The van der Waals surface area contributed by atoms with E-state index in [9.17, 15) is 4.79 Å². The summed E-state index contributed by atoms with van der Waals surface area (Å²) in [6, 6.07) is 5.61. The van der Waals surface area contributed by atoms with Crippen LogP contribution in [0, 0.1) is 0 Å². The average molecular weight is 320 g/mol. The molecule has 0 aliphatic carbocycles. The summed E-state index contributed by atoms with van der Waals surface area (Å²) in [4.78, 5) is 23.4. The SMILES string of the molecule is CCN1CCN(CC(=O)N(C)C(COC)c2ccccn2)CC1. The summed E-state index contributed by atoms with van der Waals surface area (Å²) in [5, 5.41) is 0. The Hall–Kier alpha value is -1.50. The Morgan fingerprint density at radius 3 is 2.57 bits per heavy atom. The molecular formula is C17H28N4O2. The monoisotopic (exact) mass is 320 g/mol. The highest BCUT2D eigenvalue weighted by Crippen LogP contribution is 2.18. The Kier molecular flexibility index (Phi) is 6.95. The Labute approximate surface area is 139 Å². The number of aromatic nitrogens is 1. The van der Waals surface area contributed by atoms with Gasteiger partial charge in [0.2, 0.25) is 5.91 Å². The molecule has 1 saturated heterocycles. The summed E-state index contributed by atoms with van der Waals surface area (Å²) in [5.74, 6) is 0.114. The summed E-state index contributed by atoms with van der Waals surface area (Å²) >= 11 is 0. The van der Waals surface area contributed by atoms with Crippen molar-refractivity contribution in [2.75, 3.05) is 60.0 Å². The molecular weight excluding hydrogens is 292 g/mol. The molecule has 1 amide bonds. The molecule has 1 unspecified atom stereocenters. The fourth-order valence-electron chi connectivity index (χ4n) is 2.87. The third-order valence-corrected chi connectivity index (χ3v) is 4.49. The van der Waals surface area contributed by atoms with Gasteiger partial charge in [0.05, 0.1) is 24.9 Å². The minimum absolute atomic E-state index is 0.114. The van der Waals surface area contributed by atoms with Crippen molar-refractivity contribution in [1.29, 1.82) is 0 Å². The van der Waals surface area contributed by atoms with E-state index in [4.69, 9.17) is 4.74 Å². The second-order valence-electron chi connectivity index (χ2n) is 5.94. The molecule has 1 atom stereocenters. The first-order valence-electron chi connectivity index (χ1n) is 8.26. The maximum atomic E-state index is 12.6. The van der Waals surface area contributed by atoms with E-state index in [1.807, 2.05) is 25.2 Å². The molecule has 1 aromatic heterocycles. The van der Waals surface area contributed by atoms with Crippen molar-refractivity contribution in [3.8, 4) is 0 Å². The number of carbonyl (C=O) groups excluding carboxylic acids is 1. The van der Waals surface area contributed by atoms with Crippen LogP contribution in [0.3, 0.4) is 0 Å². The Morgan fingerprint density at radius 1 is 1.30 bits per heavy atom. The van der Waals surface area contributed by atoms with Crippen molar-refractivity contribution < 1.29 is 9.53 Å². The van der Waals surface area contributed by atoms with Gasteiger partial charge in [0.1, 0.15) is 0 Å². The molecule has 1 fully saturated rings. The smallest absolute Gasteiger partial charge is 0.237 e. The first-order chi connectivity index (χ1) is 11.2. The van der Waals surface area contributed by atoms with Gasteiger partial charge in [-0.2, -0.15) is 0 Å². The second-order valence-corrected chi connectivity index (χ2v) is 5.94. The van der Waals surface area contributed by atoms with E-state index < -0.39 is 0 Å². The molecule has 6 nitrogen and oxygen atoms in total. The zero-order valence-electron chi connectivity index (χ0n) is 14.4. The zero-order chi connectivity index (χ0) is 16.7. The van der Waals surface area contributed by atoms with Crippen LogP contribution < -0.4 is 0 Å². The number of rotatable bonds is 7. The van der Waals surface area contributed by atoms with Crippen LogP contribution in [0.15, 0.2) is 24.4 Å². The Morgan fingerprint density at radius 2 is 2.00 bits per heavy atom. The highest BCUT2D eigenvalue weighted by molar-refractivity contribution is 5.78. The van der Waals surface area contributed by atoms with Crippen LogP contribution in [0.4, 0.5) is 0 Å². The van der Waals surface area contributed by atoms with Gasteiger partial charge < -0.3 is 14.5 Å². The van der Waals surface area contributed by atoms with Gasteiger partial charge >= 0.3 is 0 Å². The van der Waals surface area contributed by atoms with Crippen molar-refractivity contribution in [2.24, 2.45) is 0 Å². The lowest BCUT2D eigenvalue weighted by molar-refractivity contribution is -0.135. The average Bonchev–Trinajstić information content (AvgIpc) is 2.60. The van der Waals surface area contributed by atoms with E-state index in [2.05, 4.69) is 21.7 Å². The number of hydrogen-bond acceptors (Lipinski definition) is 5. The fourth-order valence-corrected chi connectivity index (χ4v) is 2.87. The third-order valence-electron chi connectivity index (χ3n) is 4.49. The molecule has 6 heteroatoms. The Bertz CT molecular complexity index is 475. The predicted octanol–water partition coefficient (Wildman–Crippen LogP) is 0.865. The molecule has 23 heavy (non-hydrogen) atoms. The van der Waals surface area contributed by atoms with E-state index >= 15 is 0 Å².